The number of nitrogens with one attached hydrogen (secondary N) is 1. The third-order valence-corrected chi connectivity index (χ3v) is 3.00. The number of aromatic nitrogens is 3. The largest absolute Gasteiger partial charge is 0.411 e. The van der Waals surface area contributed by atoms with E-state index in [-0.39, 0.29) is 5.56 Å². The summed E-state index contributed by atoms with van der Waals surface area (Å²) in [4.78, 5) is 14.5. The zero-order valence-electron chi connectivity index (χ0n) is 10.5. The molecule has 0 saturated carbocycles. The van der Waals surface area contributed by atoms with E-state index in [1.165, 1.54) is 12.5 Å². The number of hydrogen-bond donors (Lipinski definition) is 2. The highest BCUT2D eigenvalue weighted by Crippen LogP contribution is 2.21. The van der Waals surface area contributed by atoms with Crippen molar-refractivity contribution < 1.29 is 5.21 Å². The van der Waals surface area contributed by atoms with E-state index in [1.807, 2.05) is 6.92 Å². The second kappa shape index (κ2) is 5.03. The van der Waals surface area contributed by atoms with Crippen LogP contribution in [0.1, 0.15) is 37.1 Å². The summed E-state index contributed by atoms with van der Waals surface area (Å²) in [5.74, 6) is 0. The van der Waals surface area contributed by atoms with Crippen LogP contribution in [-0.4, -0.2) is 26.0 Å². The molecule has 6 nitrogen and oxygen atoms in total. The minimum absolute atomic E-state index is 0.170. The molecule has 18 heavy (non-hydrogen) atoms. The maximum absolute atomic E-state index is 11.9. The van der Waals surface area contributed by atoms with E-state index in [0.717, 1.165) is 29.7 Å². The average molecular weight is 248 g/mol. The van der Waals surface area contributed by atoms with Crippen LogP contribution in [0.5, 0.6) is 0 Å². The van der Waals surface area contributed by atoms with Crippen LogP contribution in [0.4, 0.5) is 0 Å². The van der Waals surface area contributed by atoms with E-state index in [1.54, 1.807) is 4.52 Å². The molecule has 0 aliphatic rings. The lowest BCUT2D eigenvalue weighted by molar-refractivity contribution is 0.322. The molecule has 0 radical (unpaired) electrons. The number of fused-ring (bicyclic) bond motifs is 1. The molecule has 96 valence electrons. The van der Waals surface area contributed by atoms with Gasteiger partial charge in [0.05, 0.1) is 11.9 Å². The van der Waals surface area contributed by atoms with Gasteiger partial charge in [0.1, 0.15) is 11.8 Å². The molecule has 2 N–H and O–H groups in total. The average Bonchev–Trinajstić information content (AvgIpc) is 2.66. The van der Waals surface area contributed by atoms with Crippen LogP contribution in [0.25, 0.3) is 5.52 Å². The second-order valence-electron chi connectivity index (χ2n) is 4.07. The number of H-pyrrole nitrogens is 1. The summed E-state index contributed by atoms with van der Waals surface area (Å²) in [6.45, 7) is 4.02. The molecule has 2 aromatic rings. The van der Waals surface area contributed by atoms with Gasteiger partial charge in [0.15, 0.2) is 0 Å². The molecule has 0 atom stereocenters. The third-order valence-electron chi connectivity index (χ3n) is 3.00. The lowest BCUT2D eigenvalue weighted by atomic mass is 10.1. The molecule has 2 rings (SSSR count). The first-order valence-corrected chi connectivity index (χ1v) is 6.02. The van der Waals surface area contributed by atoms with Gasteiger partial charge in [-0.3, -0.25) is 4.79 Å². The van der Waals surface area contributed by atoms with E-state index in [4.69, 9.17) is 5.21 Å². The van der Waals surface area contributed by atoms with Crippen LogP contribution in [0.2, 0.25) is 0 Å². The minimum Gasteiger partial charge on any atom is -0.411 e. The van der Waals surface area contributed by atoms with E-state index >= 15 is 0 Å². The van der Waals surface area contributed by atoms with Gasteiger partial charge in [0.2, 0.25) is 0 Å². The number of oxime groups is 1. The summed E-state index contributed by atoms with van der Waals surface area (Å²) in [5, 5.41) is 16.1. The van der Waals surface area contributed by atoms with Gasteiger partial charge in [0.25, 0.3) is 5.56 Å². The SMILES string of the molecule is CCCc1c(C=NO)c(CC)c2c(=O)[nH]cnn12. The summed E-state index contributed by atoms with van der Waals surface area (Å²) in [5.41, 5.74) is 2.94. The molecule has 0 aliphatic carbocycles. The fraction of sp³-hybridized carbons (Fsp3) is 0.417. The lowest BCUT2D eigenvalue weighted by Crippen LogP contribution is -2.12. The van der Waals surface area contributed by atoms with E-state index in [9.17, 15) is 4.79 Å². The maximum Gasteiger partial charge on any atom is 0.275 e. The van der Waals surface area contributed by atoms with Gasteiger partial charge < -0.3 is 10.2 Å². The Morgan fingerprint density at radius 1 is 1.56 bits per heavy atom. The number of aryl methyl sites for hydroxylation is 2. The first kappa shape index (κ1) is 12.3. The molecule has 0 fully saturated rings. The van der Waals surface area contributed by atoms with Crippen molar-refractivity contribution in [3.8, 4) is 0 Å². The van der Waals surface area contributed by atoms with Crippen LogP contribution in [0, 0.1) is 0 Å². The Morgan fingerprint density at radius 3 is 2.94 bits per heavy atom. The standard InChI is InChI=1S/C12H16N4O2/c1-3-5-10-9(6-15-18)8(4-2)11-12(17)13-7-14-16(10)11/h6-7,18H,3-5H2,1-2H3,(H,13,14,17). The zero-order valence-corrected chi connectivity index (χ0v) is 10.5. The Bertz CT molecular complexity index is 639. The fourth-order valence-electron chi connectivity index (χ4n) is 2.30. The highest BCUT2D eigenvalue weighted by molar-refractivity contribution is 5.87. The topological polar surface area (TPSA) is 82.8 Å². The van der Waals surface area contributed by atoms with Gasteiger partial charge in [0, 0.05) is 5.56 Å². The molecule has 0 aromatic carbocycles. The van der Waals surface area contributed by atoms with Crippen molar-refractivity contribution in [3.05, 3.63) is 33.5 Å². The van der Waals surface area contributed by atoms with Crippen LogP contribution in [0.3, 0.4) is 0 Å². The van der Waals surface area contributed by atoms with Crippen molar-refractivity contribution in [1.29, 1.82) is 0 Å². The minimum atomic E-state index is -0.170. The van der Waals surface area contributed by atoms with Crippen molar-refractivity contribution in [2.24, 2.45) is 5.16 Å². The Morgan fingerprint density at radius 2 is 2.33 bits per heavy atom. The predicted octanol–water partition coefficient (Wildman–Crippen LogP) is 1.35. The predicted molar refractivity (Wildman–Crippen MR) is 68.6 cm³/mol. The number of hydrogen-bond acceptors (Lipinski definition) is 4. The van der Waals surface area contributed by atoms with Gasteiger partial charge in [-0.15, -0.1) is 0 Å². The molecule has 0 unspecified atom stereocenters. The smallest absolute Gasteiger partial charge is 0.275 e. The normalized spacial score (nSPS) is 11.7. The molecule has 2 heterocycles. The molecule has 6 heteroatoms. The highest BCUT2D eigenvalue weighted by atomic mass is 16.4. The molecule has 0 saturated heterocycles. The van der Waals surface area contributed by atoms with Crippen molar-refractivity contribution in [3.63, 3.8) is 0 Å². The van der Waals surface area contributed by atoms with Crippen LogP contribution < -0.4 is 5.56 Å². The molecule has 2 aromatic heterocycles. The fourth-order valence-corrected chi connectivity index (χ4v) is 2.30. The van der Waals surface area contributed by atoms with Crippen LogP contribution >= 0.6 is 0 Å². The quantitative estimate of drug-likeness (QED) is 0.486. The number of rotatable bonds is 4. The van der Waals surface area contributed by atoms with Crippen molar-refractivity contribution in [2.75, 3.05) is 0 Å². The maximum atomic E-state index is 11.9. The van der Waals surface area contributed by atoms with Gasteiger partial charge in [-0.1, -0.05) is 25.4 Å². The summed E-state index contributed by atoms with van der Waals surface area (Å²) < 4.78 is 1.65. The first-order chi connectivity index (χ1) is 8.74. The molecule has 0 aliphatic heterocycles. The summed E-state index contributed by atoms with van der Waals surface area (Å²) in [6.07, 6.45) is 5.16. The summed E-state index contributed by atoms with van der Waals surface area (Å²) in [6, 6.07) is 0. The van der Waals surface area contributed by atoms with Crippen molar-refractivity contribution >= 4 is 11.7 Å². The molecular formula is C12H16N4O2. The second-order valence-corrected chi connectivity index (χ2v) is 4.07. The van der Waals surface area contributed by atoms with Gasteiger partial charge in [-0.05, 0) is 18.4 Å². The summed E-state index contributed by atoms with van der Waals surface area (Å²) >= 11 is 0. The Hall–Kier alpha value is -2.11. The summed E-state index contributed by atoms with van der Waals surface area (Å²) in [7, 11) is 0. The highest BCUT2D eigenvalue weighted by Gasteiger charge is 2.18. The Balaban J connectivity index is 2.89. The zero-order chi connectivity index (χ0) is 13.1. The Kier molecular flexibility index (Phi) is 3.45. The molecular weight excluding hydrogens is 232 g/mol. The van der Waals surface area contributed by atoms with E-state index < -0.39 is 0 Å². The number of nitrogens with zero attached hydrogens (tertiary/aromatic N) is 3. The molecule has 0 amide bonds. The van der Waals surface area contributed by atoms with E-state index in [0.29, 0.717) is 11.9 Å². The monoisotopic (exact) mass is 248 g/mol. The van der Waals surface area contributed by atoms with Crippen molar-refractivity contribution in [2.45, 2.75) is 33.1 Å². The van der Waals surface area contributed by atoms with Crippen molar-refractivity contribution in [1.82, 2.24) is 14.6 Å². The number of aromatic amines is 1. The Labute approximate surface area is 104 Å². The van der Waals surface area contributed by atoms with Gasteiger partial charge in [-0.25, -0.2) is 4.52 Å². The molecule has 0 spiro atoms. The third kappa shape index (κ3) is 1.79. The van der Waals surface area contributed by atoms with Gasteiger partial charge >= 0.3 is 0 Å². The van der Waals surface area contributed by atoms with E-state index in [2.05, 4.69) is 22.2 Å². The first-order valence-electron chi connectivity index (χ1n) is 6.02. The van der Waals surface area contributed by atoms with Gasteiger partial charge in [-0.2, -0.15) is 5.10 Å². The van der Waals surface area contributed by atoms with Crippen LogP contribution in [-0.2, 0) is 12.8 Å². The molecule has 0 bridgehead atoms. The lowest BCUT2D eigenvalue weighted by Gasteiger charge is -2.00. The van der Waals surface area contributed by atoms with Crippen LogP contribution in [0.15, 0.2) is 16.3 Å².